The van der Waals surface area contributed by atoms with Crippen molar-refractivity contribution in [3.8, 4) is 5.88 Å². The maximum Gasteiger partial charge on any atom is 0.354 e. The quantitative estimate of drug-likeness (QED) is 0.180. The maximum atomic E-state index is 15.8. The van der Waals surface area contributed by atoms with Crippen LogP contribution in [0.25, 0.3) is 0 Å². The minimum Gasteiger partial charge on any atom is -0.440 e. The minimum atomic E-state index is -3.98. The number of amides is 2. The van der Waals surface area contributed by atoms with Crippen LogP contribution in [0.3, 0.4) is 0 Å². The van der Waals surface area contributed by atoms with Crippen LogP contribution in [-0.4, -0.2) is 42.6 Å². The van der Waals surface area contributed by atoms with E-state index in [0.29, 0.717) is 0 Å². The number of aliphatic hydroxyl groups excluding tert-OH is 1. The molecule has 4 N–H and O–H groups in total. The van der Waals surface area contributed by atoms with E-state index in [9.17, 15) is 15.0 Å². The van der Waals surface area contributed by atoms with E-state index in [4.69, 9.17) is 4.74 Å². The molecule has 4 aromatic carbocycles. The van der Waals surface area contributed by atoms with Gasteiger partial charge in [0.05, 0.1) is 6.20 Å². The molecule has 47 heavy (non-hydrogen) atoms. The highest BCUT2D eigenvalue weighted by Gasteiger charge is 2.45. The van der Waals surface area contributed by atoms with Gasteiger partial charge in [-0.2, -0.15) is 5.10 Å². The molecule has 5 aromatic rings. The van der Waals surface area contributed by atoms with E-state index in [2.05, 4.69) is 25.6 Å². The fourth-order valence-corrected chi connectivity index (χ4v) is 8.71. The SMILES string of the molecule is O=C(N=[S@@](=O)(NC(c1ccccc1)(c1ccccc1)c1ccccc1)c1cnn2c1O[C@](O)(CO)C2)Nc1c2c(cc3c1CC3)CC2. The van der Waals surface area contributed by atoms with E-state index in [1.807, 2.05) is 91.0 Å². The van der Waals surface area contributed by atoms with E-state index in [-0.39, 0.29) is 17.3 Å². The summed E-state index contributed by atoms with van der Waals surface area (Å²) in [6.07, 6.45) is 4.97. The molecule has 0 fully saturated rings. The van der Waals surface area contributed by atoms with E-state index in [1.165, 1.54) is 22.0 Å². The Labute approximate surface area is 272 Å². The highest BCUT2D eigenvalue weighted by Crippen LogP contribution is 2.43. The number of benzene rings is 4. The topological polar surface area (TPSA) is 138 Å². The molecule has 0 unspecified atom stereocenters. The van der Waals surface area contributed by atoms with Gasteiger partial charge in [0, 0.05) is 5.69 Å². The predicted molar refractivity (Wildman–Crippen MR) is 176 cm³/mol. The first kappa shape index (κ1) is 29.6. The third kappa shape index (κ3) is 4.85. The Morgan fingerprint density at radius 3 is 1.89 bits per heavy atom. The normalized spacial score (nSPS) is 18.8. The van der Waals surface area contributed by atoms with Gasteiger partial charge < -0.3 is 20.3 Å². The summed E-state index contributed by atoms with van der Waals surface area (Å²) in [6, 6.07) is 30.1. The molecule has 0 saturated carbocycles. The third-order valence-electron chi connectivity index (χ3n) is 9.36. The standard InChI is InChI=1S/C36H33N5O5S/c42-23-35(44)22-41-33(46-35)31(21-37-41)47(45,39-34(43)38-32-29-18-16-24(29)20-25-17-19-30(25)32)40-36(26-10-4-1-5-11-26,27-12-6-2-7-13-27)28-14-8-3-9-15-28/h1-15,20-21,42,44H,16-19,22-23H2,(H2,38,39,40,43,45)/t35-,47+/m0/s1. The highest BCUT2D eigenvalue weighted by atomic mass is 32.2. The average molecular weight is 648 g/mol. The largest absolute Gasteiger partial charge is 0.440 e. The number of nitrogens with zero attached hydrogens (tertiary/aromatic N) is 3. The van der Waals surface area contributed by atoms with Crippen molar-refractivity contribution in [2.45, 2.75) is 48.4 Å². The van der Waals surface area contributed by atoms with Gasteiger partial charge in [0.15, 0.2) is 9.92 Å². The molecule has 0 saturated heterocycles. The van der Waals surface area contributed by atoms with Crippen LogP contribution < -0.4 is 14.8 Å². The van der Waals surface area contributed by atoms with Gasteiger partial charge in [0.1, 0.15) is 23.6 Å². The van der Waals surface area contributed by atoms with Gasteiger partial charge >= 0.3 is 6.03 Å². The number of nitrogens with one attached hydrogen (secondary N) is 2. The van der Waals surface area contributed by atoms with Crippen molar-refractivity contribution in [2.24, 2.45) is 4.36 Å². The number of ether oxygens (including phenoxy) is 1. The van der Waals surface area contributed by atoms with Crippen LogP contribution in [0.4, 0.5) is 10.5 Å². The van der Waals surface area contributed by atoms with Crippen LogP contribution >= 0.6 is 0 Å². The van der Waals surface area contributed by atoms with E-state index in [0.717, 1.165) is 59.2 Å². The zero-order valence-corrected chi connectivity index (χ0v) is 26.2. The molecule has 1 aromatic heterocycles. The third-order valence-corrected chi connectivity index (χ3v) is 11.2. The van der Waals surface area contributed by atoms with Gasteiger partial charge in [-0.25, -0.2) is 18.4 Å². The molecule has 2 aliphatic carbocycles. The number of carbonyl (C=O) groups is 1. The zero-order valence-electron chi connectivity index (χ0n) is 25.4. The molecular weight excluding hydrogens is 614 g/mol. The highest BCUT2D eigenvalue weighted by molar-refractivity contribution is 7.92. The van der Waals surface area contributed by atoms with Crippen molar-refractivity contribution in [1.29, 1.82) is 0 Å². The number of aromatic nitrogens is 2. The second kappa shape index (κ2) is 11.2. The first-order chi connectivity index (χ1) is 22.8. The molecule has 238 valence electrons. The van der Waals surface area contributed by atoms with Crippen molar-refractivity contribution in [2.75, 3.05) is 11.9 Å². The van der Waals surface area contributed by atoms with Crippen molar-refractivity contribution in [3.05, 3.63) is 142 Å². The van der Waals surface area contributed by atoms with E-state index in [1.54, 1.807) is 0 Å². The Hall–Kier alpha value is -4.81. The second-order valence-corrected chi connectivity index (χ2v) is 14.1. The molecule has 0 bridgehead atoms. The van der Waals surface area contributed by atoms with Gasteiger partial charge in [-0.15, -0.1) is 4.36 Å². The van der Waals surface area contributed by atoms with Gasteiger partial charge in [0.2, 0.25) is 5.88 Å². The molecule has 1 aliphatic heterocycles. The first-order valence-corrected chi connectivity index (χ1v) is 17.1. The Morgan fingerprint density at radius 1 is 0.894 bits per heavy atom. The zero-order chi connectivity index (χ0) is 32.2. The molecule has 2 heterocycles. The molecule has 10 nitrogen and oxygen atoms in total. The Kier molecular flexibility index (Phi) is 7.03. The second-order valence-electron chi connectivity index (χ2n) is 12.2. The summed E-state index contributed by atoms with van der Waals surface area (Å²) < 4.78 is 30.7. The van der Waals surface area contributed by atoms with Crippen LogP contribution in [0.1, 0.15) is 38.9 Å². The number of aryl methyl sites for hydroxylation is 2. The number of aliphatic hydroxyl groups is 2. The Balaban J connectivity index is 1.34. The molecule has 0 radical (unpaired) electrons. The smallest absolute Gasteiger partial charge is 0.354 e. The summed E-state index contributed by atoms with van der Waals surface area (Å²) >= 11 is 0. The number of fused-ring (bicyclic) bond motifs is 3. The Morgan fingerprint density at radius 2 is 1.43 bits per heavy atom. The molecule has 3 aliphatic rings. The monoisotopic (exact) mass is 647 g/mol. The van der Waals surface area contributed by atoms with Gasteiger partial charge in [-0.05, 0) is 64.6 Å². The summed E-state index contributed by atoms with van der Waals surface area (Å²) in [5, 5.41) is 28.0. The van der Waals surface area contributed by atoms with Crippen LogP contribution in [0.15, 0.2) is 113 Å². The number of carbonyl (C=O) groups excluding carboxylic acids is 1. The minimum absolute atomic E-state index is 0.0294. The number of urea groups is 1. The fourth-order valence-electron chi connectivity index (χ4n) is 6.83. The Bertz CT molecular complexity index is 2000. The van der Waals surface area contributed by atoms with Crippen LogP contribution in [-0.2, 0) is 47.7 Å². The predicted octanol–water partition coefficient (Wildman–Crippen LogP) is 4.71. The lowest BCUT2D eigenvalue weighted by atomic mass is 9.76. The van der Waals surface area contributed by atoms with E-state index < -0.39 is 33.9 Å². The lowest BCUT2D eigenvalue weighted by molar-refractivity contribution is -0.154. The summed E-state index contributed by atoms with van der Waals surface area (Å²) in [4.78, 5) is 14.0. The van der Waals surface area contributed by atoms with Gasteiger partial charge in [0.25, 0.3) is 5.79 Å². The van der Waals surface area contributed by atoms with Crippen LogP contribution in [0.2, 0.25) is 0 Å². The van der Waals surface area contributed by atoms with Crippen LogP contribution in [0, 0.1) is 0 Å². The van der Waals surface area contributed by atoms with Crippen molar-refractivity contribution < 1.29 is 24.0 Å². The van der Waals surface area contributed by atoms with Crippen molar-refractivity contribution >= 4 is 21.6 Å². The maximum absolute atomic E-state index is 15.8. The summed E-state index contributed by atoms with van der Waals surface area (Å²) in [7, 11) is -3.98. The average Bonchev–Trinajstić information content (AvgIpc) is 3.60. The molecule has 11 heteroatoms. The molecule has 2 amide bonds. The van der Waals surface area contributed by atoms with Gasteiger partial charge in [-0.1, -0.05) is 97.1 Å². The number of hydrogen-bond donors (Lipinski definition) is 4. The van der Waals surface area contributed by atoms with Crippen molar-refractivity contribution in [1.82, 2.24) is 14.5 Å². The van der Waals surface area contributed by atoms with Gasteiger partial charge in [-0.3, -0.25) is 0 Å². The number of anilines is 1. The molecular formula is C36H33N5O5S. The van der Waals surface area contributed by atoms with E-state index >= 15 is 4.21 Å². The molecule has 8 rings (SSSR count). The molecule has 0 spiro atoms. The fraction of sp³-hybridized carbons (Fsp3) is 0.222. The van der Waals surface area contributed by atoms with Crippen LogP contribution in [0.5, 0.6) is 5.88 Å². The summed E-state index contributed by atoms with van der Waals surface area (Å²) in [5.41, 5.74) is 6.38. The van der Waals surface area contributed by atoms with Crippen molar-refractivity contribution in [3.63, 3.8) is 0 Å². The lowest BCUT2D eigenvalue weighted by Crippen LogP contribution is -2.48. The first-order valence-electron chi connectivity index (χ1n) is 15.6. The summed E-state index contributed by atoms with van der Waals surface area (Å²) in [5.74, 6) is -2.02. The summed E-state index contributed by atoms with van der Waals surface area (Å²) in [6.45, 7) is -0.904. The molecule has 2 atom stereocenters. The lowest BCUT2D eigenvalue weighted by Gasteiger charge is -2.37. The number of rotatable bonds is 8. The number of hydrogen-bond acceptors (Lipinski definition) is 6.